The number of benzene rings is 1. The molecule has 1 N–H and O–H groups in total. The Morgan fingerprint density at radius 3 is 2.50 bits per heavy atom. The van der Waals surface area contributed by atoms with E-state index in [2.05, 4.69) is 0 Å². The number of carbonyl (C=O) groups excluding carboxylic acids is 1. The van der Waals surface area contributed by atoms with Gasteiger partial charge in [-0.3, -0.25) is 4.79 Å². The number of aliphatic hydroxyl groups is 1. The van der Waals surface area contributed by atoms with Crippen molar-refractivity contribution in [3.8, 4) is 0 Å². The van der Waals surface area contributed by atoms with E-state index in [1.165, 1.54) is 0 Å². The first-order valence-electron chi connectivity index (χ1n) is 5.51. The summed E-state index contributed by atoms with van der Waals surface area (Å²) < 4.78 is 0. The van der Waals surface area contributed by atoms with Gasteiger partial charge in [0.05, 0.1) is 6.10 Å². The summed E-state index contributed by atoms with van der Waals surface area (Å²) >= 11 is 0. The number of carbonyl (C=O) groups is 1. The molecule has 0 aliphatic rings. The molecule has 0 aliphatic heterocycles. The molecule has 2 heteroatoms. The van der Waals surface area contributed by atoms with Crippen LogP contribution in [0.4, 0.5) is 0 Å². The van der Waals surface area contributed by atoms with Crippen molar-refractivity contribution in [3.05, 3.63) is 47.5 Å². The number of hydrogen-bond acceptors (Lipinski definition) is 2. The smallest absolute Gasteiger partial charge is 0.162 e. The number of Topliss-reactive ketones (excluding diaryl/α,β-unsaturated/α-hetero) is 1. The summed E-state index contributed by atoms with van der Waals surface area (Å²) in [6.07, 6.45) is 2.13. The largest absolute Gasteiger partial charge is 0.389 e. The van der Waals surface area contributed by atoms with Crippen molar-refractivity contribution in [1.82, 2.24) is 0 Å². The predicted octanol–water partition coefficient (Wildman–Crippen LogP) is 2.98. The number of ketones is 1. The second kappa shape index (κ2) is 6.23. The van der Waals surface area contributed by atoms with E-state index in [0.29, 0.717) is 18.4 Å². The Morgan fingerprint density at radius 1 is 1.31 bits per heavy atom. The first-order valence-corrected chi connectivity index (χ1v) is 5.51. The third-order valence-electron chi connectivity index (χ3n) is 2.29. The minimum atomic E-state index is -0.516. The van der Waals surface area contributed by atoms with Crippen LogP contribution < -0.4 is 0 Å². The number of allylic oxidation sites excluding steroid dienone is 1. The van der Waals surface area contributed by atoms with Crippen LogP contribution in [0, 0.1) is 0 Å². The molecule has 0 saturated heterocycles. The van der Waals surface area contributed by atoms with E-state index in [1.54, 1.807) is 18.2 Å². The standard InChI is InChI=1S/C14H18O2/c1-11(2)10-13(15)8-9-14(16)12-6-4-3-5-7-12/h3-7,10,13,15H,8-9H2,1-2H3. The molecule has 2 nitrogen and oxygen atoms in total. The molecule has 86 valence electrons. The van der Waals surface area contributed by atoms with Crippen molar-refractivity contribution in [3.63, 3.8) is 0 Å². The van der Waals surface area contributed by atoms with Crippen LogP contribution in [0.3, 0.4) is 0 Å². The van der Waals surface area contributed by atoms with E-state index < -0.39 is 6.10 Å². The van der Waals surface area contributed by atoms with Gasteiger partial charge in [-0.25, -0.2) is 0 Å². The quantitative estimate of drug-likeness (QED) is 0.609. The minimum Gasteiger partial charge on any atom is -0.389 e. The second-order valence-corrected chi connectivity index (χ2v) is 4.14. The fraction of sp³-hybridized carbons (Fsp3) is 0.357. The first-order chi connectivity index (χ1) is 7.59. The van der Waals surface area contributed by atoms with Gasteiger partial charge >= 0.3 is 0 Å². The van der Waals surface area contributed by atoms with Crippen LogP contribution in [0.5, 0.6) is 0 Å². The van der Waals surface area contributed by atoms with Crippen molar-refractivity contribution in [2.75, 3.05) is 0 Å². The van der Waals surface area contributed by atoms with Gasteiger partial charge in [-0.2, -0.15) is 0 Å². The number of rotatable bonds is 5. The lowest BCUT2D eigenvalue weighted by Gasteiger charge is -2.05. The van der Waals surface area contributed by atoms with Crippen molar-refractivity contribution >= 4 is 5.78 Å². The average molecular weight is 218 g/mol. The Balaban J connectivity index is 2.45. The summed E-state index contributed by atoms with van der Waals surface area (Å²) in [7, 11) is 0. The van der Waals surface area contributed by atoms with Gasteiger partial charge in [0.2, 0.25) is 0 Å². The van der Waals surface area contributed by atoms with Gasteiger partial charge in [0, 0.05) is 12.0 Å². The van der Waals surface area contributed by atoms with Gasteiger partial charge in [0.1, 0.15) is 0 Å². The topological polar surface area (TPSA) is 37.3 Å². The lowest BCUT2D eigenvalue weighted by molar-refractivity contribution is 0.0958. The molecule has 0 bridgehead atoms. The zero-order valence-corrected chi connectivity index (χ0v) is 9.81. The molecule has 0 amide bonds. The summed E-state index contributed by atoms with van der Waals surface area (Å²) in [5.41, 5.74) is 1.78. The Hall–Kier alpha value is -1.41. The van der Waals surface area contributed by atoms with Crippen molar-refractivity contribution in [2.24, 2.45) is 0 Å². The molecule has 0 aliphatic carbocycles. The summed E-state index contributed by atoms with van der Waals surface area (Å²) in [6.45, 7) is 3.87. The summed E-state index contributed by atoms with van der Waals surface area (Å²) in [6, 6.07) is 9.18. The molecule has 0 radical (unpaired) electrons. The summed E-state index contributed by atoms with van der Waals surface area (Å²) in [5.74, 6) is 0.0850. The maximum absolute atomic E-state index is 11.7. The normalized spacial score (nSPS) is 11.9. The Labute approximate surface area is 96.6 Å². The average Bonchev–Trinajstić information content (AvgIpc) is 2.26. The third-order valence-corrected chi connectivity index (χ3v) is 2.29. The van der Waals surface area contributed by atoms with E-state index in [-0.39, 0.29) is 5.78 Å². The molecule has 0 spiro atoms. The van der Waals surface area contributed by atoms with E-state index >= 15 is 0 Å². The van der Waals surface area contributed by atoms with Crippen molar-refractivity contribution in [2.45, 2.75) is 32.8 Å². The molecule has 0 saturated carbocycles. The lowest BCUT2D eigenvalue weighted by Crippen LogP contribution is -2.07. The van der Waals surface area contributed by atoms with Crippen LogP contribution in [0.25, 0.3) is 0 Å². The highest BCUT2D eigenvalue weighted by Crippen LogP contribution is 2.08. The fourth-order valence-electron chi connectivity index (χ4n) is 1.52. The molecule has 1 aromatic carbocycles. The van der Waals surface area contributed by atoms with Gasteiger partial charge in [-0.15, -0.1) is 0 Å². The molecular weight excluding hydrogens is 200 g/mol. The Kier molecular flexibility index (Phi) is 4.93. The fourth-order valence-corrected chi connectivity index (χ4v) is 1.52. The zero-order valence-electron chi connectivity index (χ0n) is 9.81. The molecule has 0 fully saturated rings. The number of aliphatic hydroxyl groups excluding tert-OH is 1. The Morgan fingerprint density at radius 2 is 1.94 bits per heavy atom. The molecule has 0 aromatic heterocycles. The van der Waals surface area contributed by atoms with E-state index in [9.17, 15) is 9.90 Å². The van der Waals surface area contributed by atoms with Gasteiger partial charge < -0.3 is 5.11 Å². The van der Waals surface area contributed by atoms with Crippen molar-refractivity contribution in [1.29, 1.82) is 0 Å². The van der Waals surface area contributed by atoms with E-state index in [1.807, 2.05) is 32.0 Å². The van der Waals surface area contributed by atoms with Gasteiger partial charge in [0.15, 0.2) is 5.78 Å². The summed E-state index contributed by atoms with van der Waals surface area (Å²) in [4.78, 5) is 11.7. The van der Waals surface area contributed by atoms with Crippen LogP contribution in [0.1, 0.15) is 37.0 Å². The summed E-state index contributed by atoms with van der Waals surface area (Å²) in [5, 5.41) is 9.59. The highest BCUT2D eigenvalue weighted by molar-refractivity contribution is 5.95. The van der Waals surface area contributed by atoms with Crippen LogP contribution >= 0.6 is 0 Å². The van der Waals surface area contributed by atoms with Gasteiger partial charge in [-0.05, 0) is 20.3 Å². The molecule has 1 unspecified atom stereocenters. The first kappa shape index (κ1) is 12.7. The van der Waals surface area contributed by atoms with E-state index in [4.69, 9.17) is 0 Å². The van der Waals surface area contributed by atoms with Gasteiger partial charge in [0.25, 0.3) is 0 Å². The third kappa shape index (κ3) is 4.41. The second-order valence-electron chi connectivity index (χ2n) is 4.14. The number of hydrogen-bond donors (Lipinski definition) is 1. The van der Waals surface area contributed by atoms with Crippen LogP contribution in [0.15, 0.2) is 42.0 Å². The Bertz CT molecular complexity index is 362. The molecule has 1 aromatic rings. The maximum atomic E-state index is 11.7. The van der Waals surface area contributed by atoms with Crippen LogP contribution in [-0.4, -0.2) is 17.0 Å². The van der Waals surface area contributed by atoms with Crippen LogP contribution in [-0.2, 0) is 0 Å². The maximum Gasteiger partial charge on any atom is 0.162 e. The van der Waals surface area contributed by atoms with Crippen LogP contribution in [0.2, 0.25) is 0 Å². The molecule has 1 rings (SSSR count). The monoisotopic (exact) mass is 218 g/mol. The van der Waals surface area contributed by atoms with Crippen molar-refractivity contribution < 1.29 is 9.90 Å². The lowest BCUT2D eigenvalue weighted by atomic mass is 10.0. The highest BCUT2D eigenvalue weighted by atomic mass is 16.3. The zero-order chi connectivity index (χ0) is 12.0. The molecule has 16 heavy (non-hydrogen) atoms. The molecule has 1 atom stereocenters. The molecular formula is C14H18O2. The minimum absolute atomic E-state index is 0.0850. The predicted molar refractivity (Wildman–Crippen MR) is 65.4 cm³/mol. The van der Waals surface area contributed by atoms with E-state index in [0.717, 1.165) is 5.57 Å². The highest BCUT2D eigenvalue weighted by Gasteiger charge is 2.07. The van der Waals surface area contributed by atoms with Gasteiger partial charge in [-0.1, -0.05) is 42.0 Å². The molecule has 0 heterocycles. The SMILES string of the molecule is CC(C)=CC(O)CCC(=O)c1ccccc1.